The summed E-state index contributed by atoms with van der Waals surface area (Å²) in [6.07, 6.45) is -0.975. The molecule has 1 aliphatic heterocycles. The highest BCUT2D eigenvalue weighted by Gasteiger charge is 2.48. The molecular formula is C23H19F3N8O4. The Morgan fingerprint density at radius 2 is 1.82 bits per heavy atom. The normalized spacial score (nSPS) is 23.8. The van der Waals surface area contributed by atoms with E-state index in [0.717, 1.165) is 27.7 Å². The molecule has 0 radical (unpaired) electrons. The van der Waals surface area contributed by atoms with Gasteiger partial charge in [-0.05, 0) is 30.3 Å². The van der Waals surface area contributed by atoms with Crippen molar-refractivity contribution in [3.05, 3.63) is 72.3 Å². The maximum atomic E-state index is 13.7. The van der Waals surface area contributed by atoms with Crippen LogP contribution in [0.4, 0.5) is 13.2 Å². The van der Waals surface area contributed by atoms with Crippen molar-refractivity contribution in [2.45, 2.75) is 30.5 Å². The highest BCUT2D eigenvalue weighted by Crippen LogP contribution is 2.38. The number of aliphatic hydroxyl groups excluding tert-OH is 3. The SMILES string of the molecule is OC[C@H]1O[C@@H](c2nncn2-c2ccc3cn[nH]c3c2)[C@H](O)[C@@H](n2cc(-c3cc(F)c(F)c(F)c3)nn2)[C@H]1O. The molecule has 15 heteroatoms. The van der Waals surface area contributed by atoms with Crippen molar-refractivity contribution in [3.8, 4) is 16.9 Å². The maximum Gasteiger partial charge on any atom is 0.194 e. The zero-order chi connectivity index (χ0) is 26.6. The van der Waals surface area contributed by atoms with Gasteiger partial charge in [0.2, 0.25) is 0 Å². The minimum Gasteiger partial charge on any atom is -0.394 e. The molecule has 1 saturated heterocycles. The summed E-state index contributed by atoms with van der Waals surface area (Å²) in [6.45, 7) is -0.606. The molecule has 4 heterocycles. The van der Waals surface area contributed by atoms with Crippen molar-refractivity contribution < 1.29 is 33.2 Å². The van der Waals surface area contributed by atoms with Gasteiger partial charge in [0.25, 0.3) is 0 Å². The van der Waals surface area contributed by atoms with E-state index in [1.54, 1.807) is 22.9 Å². The summed E-state index contributed by atoms with van der Waals surface area (Å²) in [5.41, 5.74) is 1.23. The van der Waals surface area contributed by atoms with E-state index in [0.29, 0.717) is 5.69 Å². The van der Waals surface area contributed by atoms with E-state index in [2.05, 4.69) is 30.7 Å². The standard InChI is InChI=1S/C23H19F3N8O4/c24-13-3-11(4-14(25)18(13)26)16-7-34(32-30-16)19-20(36)17(8-35)38-22(21(19)37)23-31-28-9-33(23)12-2-1-10-6-27-29-15(10)5-12/h1-7,9,17,19-22,35-37H,8H2,(H,27,29)/t17-,19+,20+,21-,22-/m1/s1. The molecule has 1 fully saturated rings. The summed E-state index contributed by atoms with van der Waals surface area (Å²) in [6, 6.07) is 5.70. The van der Waals surface area contributed by atoms with Crippen LogP contribution < -0.4 is 0 Å². The topological polar surface area (TPSA) is 160 Å². The number of hydrogen-bond acceptors (Lipinski definition) is 9. The van der Waals surface area contributed by atoms with Crippen LogP contribution >= 0.6 is 0 Å². The highest BCUT2D eigenvalue weighted by atomic mass is 19.2. The monoisotopic (exact) mass is 528 g/mol. The van der Waals surface area contributed by atoms with Gasteiger partial charge in [0.1, 0.15) is 42.5 Å². The Morgan fingerprint density at radius 3 is 2.58 bits per heavy atom. The average molecular weight is 528 g/mol. The summed E-state index contributed by atoms with van der Waals surface area (Å²) in [5, 5.41) is 55.7. The van der Waals surface area contributed by atoms with E-state index < -0.39 is 54.5 Å². The fourth-order valence-corrected chi connectivity index (χ4v) is 4.60. The lowest BCUT2D eigenvalue weighted by Gasteiger charge is -2.41. The molecule has 0 spiro atoms. The number of rotatable bonds is 5. The Labute approximate surface area is 210 Å². The average Bonchev–Trinajstić information content (AvgIpc) is 3.68. The molecule has 3 aromatic heterocycles. The first kappa shape index (κ1) is 24.2. The highest BCUT2D eigenvalue weighted by molar-refractivity contribution is 5.80. The van der Waals surface area contributed by atoms with Crippen LogP contribution in [0.1, 0.15) is 18.0 Å². The number of aromatic amines is 1. The zero-order valence-corrected chi connectivity index (χ0v) is 19.2. The van der Waals surface area contributed by atoms with Gasteiger partial charge >= 0.3 is 0 Å². The van der Waals surface area contributed by atoms with Crippen LogP contribution in [0.15, 0.2) is 49.1 Å². The Bertz CT molecular complexity index is 1600. The van der Waals surface area contributed by atoms with Crippen LogP contribution in [0.5, 0.6) is 0 Å². The summed E-state index contributed by atoms with van der Waals surface area (Å²) >= 11 is 0. The summed E-state index contributed by atoms with van der Waals surface area (Å²) in [4.78, 5) is 0. The molecule has 196 valence electrons. The predicted octanol–water partition coefficient (Wildman–Crippen LogP) is 1.21. The van der Waals surface area contributed by atoms with Gasteiger partial charge in [-0.15, -0.1) is 15.3 Å². The molecule has 38 heavy (non-hydrogen) atoms. The van der Waals surface area contributed by atoms with Gasteiger partial charge in [-0.1, -0.05) is 5.21 Å². The van der Waals surface area contributed by atoms with Crippen LogP contribution in [0.3, 0.4) is 0 Å². The fourth-order valence-electron chi connectivity index (χ4n) is 4.60. The molecule has 5 atom stereocenters. The molecule has 0 saturated carbocycles. The quantitative estimate of drug-likeness (QED) is 0.246. The number of halogens is 3. The number of aromatic nitrogens is 8. The van der Waals surface area contributed by atoms with Crippen molar-refractivity contribution in [2.75, 3.05) is 6.61 Å². The summed E-state index contributed by atoms with van der Waals surface area (Å²) < 4.78 is 49.4. The number of hydrogen-bond donors (Lipinski definition) is 4. The minimum absolute atomic E-state index is 0.0400. The number of fused-ring (bicyclic) bond motifs is 1. The molecule has 0 bridgehead atoms. The first-order chi connectivity index (χ1) is 18.4. The van der Waals surface area contributed by atoms with Gasteiger partial charge in [-0.3, -0.25) is 9.67 Å². The molecule has 12 nitrogen and oxygen atoms in total. The van der Waals surface area contributed by atoms with Gasteiger partial charge < -0.3 is 20.1 Å². The maximum absolute atomic E-state index is 13.7. The number of ether oxygens (including phenoxy) is 1. The number of benzene rings is 2. The van der Waals surface area contributed by atoms with Gasteiger partial charge in [0.05, 0.1) is 30.2 Å². The van der Waals surface area contributed by atoms with E-state index in [1.807, 2.05) is 6.07 Å². The molecular weight excluding hydrogens is 509 g/mol. The first-order valence-electron chi connectivity index (χ1n) is 11.4. The van der Waals surface area contributed by atoms with Crippen molar-refractivity contribution in [1.82, 2.24) is 40.0 Å². The fraction of sp³-hybridized carbons (Fsp3) is 0.261. The van der Waals surface area contributed by atoms with Crippen molar-refractivity contribution in [2.24, 2.45) is 0 Å². The van der Waals surface area contributed by atoms with E-state index in [4.69, 9.17) is 4.74 Å². The van der Waals surface area contributed by atoms with E-state index in [-0.39, 0.29) is 17.1 Å². The number of H-pyrrole nitrogens is 1. The molecule has 4 N–H and O–H groups in total. The van der Waals surface area contributed by atoms with Crippen molar-refractivity contribution >= 4 is 10.9 Å². The Kier molecular flexibility index (Phi) is 5.91. The van der Waals surface area contributed by atoms with Crippen LogP contribution in [-0.4, -0.2) is 80.2 Å². The van der Waals surface area contributed by atoms with E-state index in [9.17, 15) is 28.5 Å². The summed E-state index contributed by atoms with van der Waals surface area (Å²) in [5.74, 6) is -4.27. The Morgan fingerprint density at radius 1 is 1.03 bits per heavy atom. The second-order valence-corrected chi connectivity index (χ2v) is 8.79. The van der Waals surface area contributed by atoms with Gasteiger partial charge in [0, 0.05) is 10.9 Å². The largest absolute Gasteiger partial charge is 0.394 e. The third-order valence-electron chi connectivity index (χ3n) is 6.52. The minimum atomic E-state index is -1.62. The van der Waals surface area contributed by atoms with Gasteiger partial charge in [-0.2, -0.15) is 5.10 Å². The van der Waals surface area contributed by atoms with E-state index in [1.165, 1.54) is 12.5 Å². The molecule has 0 amide bonds. The predicted molar refractivity (Wildman–Crippen MR) is 122 cm³/mol. The number of nitrogens with one attached hydrogen (secondary N) is 1. The van der Waals surface area contributed by atoms with Crippen LogP contribution in [0.2, 0.25) is 0 Å². The Balaban J connectivity index is 1.36. The Hall–Kier alpha value is -4.18. The van der Waals surface area contributed by atoms with Crippen molar-refractivity contribution in [1.29, 1.82) is 0 Å². The molecule has 2 aromatic carbocycles. The molecule has 0 unspecified atom stereocenters. The number of aliphatic hydroxyl groups is 3. The zero-order valence-electron chi connectivity index (χ0n) is 19.2. The second-order valence-electron chi connectivity index (χ2n) is 8.79. The molecule has 1 aliphatic rings. The third-order valence-corrected chi connectivity index (χ3v) is 6.52. The third kappa shape index (κ3) is 3.92. The molecule has 0 aliphatic carbocycles. The van der Waals surface area contributed by atoms with E-state index >= 15 is 0 Å². The van der Waals surface area contributed by atoms with Gasteiger partial charge in [-0.25, -0.2) is 17.9 Å². The lowest BCUT2D eigenvalue weighted by molar-refractivity contribution is -0.210. The lowest BCUT2D eigenvalue weighted by atomic mass is 9.92. The molecule has 6 rings (SSSR count). The van der Waals surface area contributed by atoms with Crippen LogP contribution in [-0.2, 0) is 4.74 Å². The number of nitrogens with zero attached hydrogens (tertiary/aromatic N) is 7. The lowest BCUT2D eigenvalue weighted by Crippen LogP contribution is -2.53. The first-order valence-corrected chi connectivity index (χ1v) is 11.4. The van der Waals surface area contributed by atoms with Crippen LogP contribution in [0, 0.1) is 17.5 Å². The van der Waals surface area contributed by atoms with Crippen molar-refractivity contribution in [3.63, 3.8) is 0 Å². The second kappa shape index (κ2) is 9.29. The summed E-state index contributed by atoms with van der Waals surface area (Å²) in [7, 11) is 0. The smallest absolute Gasteiger partial charge is 0.194 e. The van der Waals surface area contributed by atoms with Crippen LogP contribution in [0.25, 0.3) is 27.8 Å². The molecule has 5 aromatic rings. The van der Waals surface area contributed by atoms with Gasteiger partial charge in [0.15, 0.2) is 23.3 Å².